The number of nitrogens with one attached hydrogen (secondary N) is 1. The summed E-state index contributed by atoms with van der Waals surface area (Å²) in [6.45, 7) is 0. The minimum absolute atomic E-state index is 0.349. The van der Waals surface area contributed by atoms with Crippen molar-refractivity contribution in [2.45, 2.75) is 18.4 Å². The van der Waals surface area contributed by atoms with Crippen LogP contribution in [0.4, 0.5) is 4.79 Å². The Kier molecular flexibility index (Phi) is 2.07. The third-order valence-electron chi connectivity index (χ3n) is 3.01. The molecule has 1 N–H and O–H groups in total. The van der Waals surface area contributed by atoms with Crippen molar-refractivity contribution in [1.82, 2.24) is 5.32 Å². The lowest BCUT2D eigenvalue weighted by Crippen LogP contribution is -2.25. The van der Waals surface area contributed by atoms with Gasteiger partial charge in [0.15, 0.2) is 5.60 Å². The first kappa shape index (κ1) is 10.1. The van der Waals surface area contributed by atoms with Crippen molar-refractivity contribution in [2.24, 2.45) is 5.16 Å². The van der Waals surface area contributed by atoms with Gasteiger partial charge in [-0.15, -0.1) is 0 Å². The molecular weight excluding hydrogens is 220 g/mol. The van der Waals surface area contributed by atoms with E-state index in [1.807, 2.05) is 24.3 Å². The van der Waals surface area contributed by atoms with E-state index in [0.29, 0.717) is 0 Å². The van der Waals surface area contributed by atoms with Gasteiger partial charge in [0.1, 0.15) is 11.5 Å². The topological polar surface area (TPSA) is 59.9 Å². The van der Waals surface area contributed by atoms with Crippen LogP contribution >= 0.6 is 0 Å². The summed E-state index contributed by atoms with van der Waals surface area (Å²) in [4.78, 5) is 15.8. The molecule has 1 fully saturated rings. The molecule has 1 aliphatic carbocycles. The van der Waals surface area contributed by atoms with Crippen molar-refractivity contribution in [2.75, 3.05) is 7.05 Å². The quantitative estimate of drug-likeness (QED) is 0.592. The number of carbonyl (C=O) groups is 1. The molecule has 2 aliphatic rings. The number of fused-ring (bicyclic) bond motifs is 1. The molecule has 0 bridgehead atoms. The zero-order valence-corrected chi connectivity index (χ0v) is 9.40. The van der Waals surface area contributed by atoms with Crippen molar-refractivity contribution in [3.63, 3.8) is 0 Å². The zero-order valence-electron chi connectivity index (χ0n) is 9.40. The van der Waals surface area contributed by atoms with Gasteiger partial charge in [0, 0.05) is 12.6 Å². The molecule has 0 radical (unpaired) electrons. The number of rotatable bonds is 1. The van der Waals surface area contributed by atoms with Crippen LogP contribution in [0.1, 0.15) is 18.4 Å². The molecule has 88 valence electrons. The molecule has 1 spiro atoms. The number of ether oxygens (including phenoxy) is 1. The molecule has 17 heavy (non-hydrogen) atoms. The Bertz CT molecular complexity index is 506. The van der Waals surface area contributed by atoms with Crippen LogP contribution in [-0.4, -0.2) is 24.5 Å². The highest BCUT2D eigenvalue weighted by atomic mass is 16.7. The van der Waals surface area contributed by atoms with Gasteiger partial charge in [-0.25, -0.2) is 4.79 Å². The molecule has 5 heteroatoms. The average Bonchev–Trinajstić information content (AvgIpc) is 3.03. The normalized spacial score (nSPS) is 20.9. The molecule has 1 aromatic rings. The van der Waals surface area contributed by atoms with Gasteiger partial charge in [-0.3, -0.25) is 4.84 Å². The van der Waals surface area contributed by atoms with Crippen LogP contribution in [0.15, 0.2) is 29.4 Å². The number of benzene rings is 1. The highest BCUT2D eigenvalue weighted by molar-refractivity contribution is 6.12. The van der Waals surface area contributed by atoms with Crippen molar-refractivity contribution in [1.29, 1.82) is 0 Å². The first-order valence-electron chi connectivity index (χ1n) is 5.51. The standard InChI is InChI=1S/C12H12N2O3/c1-13-11(15)17-14-10-8-4-2-3-5-9(8)16-12(10)6-7-12/h2-5H,6-7H2,1H3,(H,13,15)/b14-10-. The minimum Gasteiger partial charge on any atom is -0.480 e. The number of amides is 1. The van der Waals surface area contributed by atoms with Crippen molar-refractivity contribution in [3.05, 3.63) is 29.8 Å². The van der Waals surface area contributed by atoms with E-state index in [4.69, 9.17) is 9.57 Å². The van der Waals surface area contributed by atoms with E-state index >= 15 is 0 Å². The van der Waals surface area contributed by atoms with Crippen LogP contribution in [0, 0.1) is 0 Å². The molecule has 0 aromatic heterocycles. The van der Waals surface area contributed by atoms with Gasteiger partial charge in [0.05, 0.1) is 0 Å². The maximum atomic E-state index is 11.0. The summed E-state index contributed by atoms with van der Waals surface area (Å²) >= 11 is 0. The molecule has 3 rings (SSSR count). The molecule has 1 aromatic carbocycles. The molecular formula is C12H12N2O3. The largest absolute Gasteiger partial charge is 0.480 e. The van der Waals surface area contributed by atoms with Gasteiger partial charge in [-0.2, -0.15) is 0 Å². The Balaban J connectivity index is 1.94. The molecule has 1 amide bonds. The predicted molar refractivity (Wildman–Crippen MR) is 61.1 cm³/mol. The van der Waals surface area contributed by atoms with Gasteiger partial charge in [-0.05, 0) is 25.0 Å². The van der Waals surface area contributed by atoms with E-state index in [2.05, 4.69) is 10.5 Å². The van der Waals surface area contributed by atoms with Gasteiger partial charge in [0.25, 0.3) is 0 Å². The van der Waals surface area contributed by atoms with E-state index in [0.717, 1.165) is 29.9 Å². The Morgan fingerprint density at radius 3 is 2.94 bits per heavy atom. The highest BCUT2D eigenvalue weighted by Gasteiger charge is 2.56. The third-order valence-corrected chi connectivity index (χ3v) is 3.01. The summed E-state index contributed by atoms with van der Waals surface area (Å²) in [5.41, 5.74) is 1.28. The Morgan fingerprint density at radius 2 is 2.24 bits per heavy atom. The Morgan fingerprint density at radius 1 is 1.47 bits per heavy atom. The van der Waals surface area contributed by atoms with Crippen molar-refractivity contribution in [3.8, 4) is 5.75 Å². The van der Waals surface area contributed by atoms with E-state index in [-0.39, 0.29) is 5.60 Å². The first-order chi connectivity index (χ1) is 8.25. The second-order valence-electron chi connectivity index (χ2n) is 4.16. The average molecular weight is 232 g/mol. The predicted octanol–water partition coefficient (Wildman–Crippen LogP) is 1.67. The van der Waals surface area contributed by atoms with Crippen LogP contribution in [0.3, 0.4) is 0 Å². The number of hydrogen-bond donors (Lipinski definition) is 1. The SMILES string of the molecule is CNC(=O)O/N=C1/c2ccccc2OC12CC2. The molecule has 0 unspecified atom stereocenters. The molecule has 1 saturated carbocycles. The fourth-order valence-electron chi connectivity index (χ4n) is 1.97. The van der Waals surface area contributed by atoms with Crippen LogP contribution in [0.2, 0.25) is 0 Å². The summed E-state index contributed by atoms with van der Waals surface area (Å²) in [5, 5.41) is 6.28. The van der Waals surface area contributed by atoms with Crippen molar-refractivity contribution >= 4 is 11.8 Å². The summed E-state index contributed by atoms with van der Waals surface area (Å²) in [6.07, 6.45) is 1.26. The van der Waals surface area contributed by atoms with E-state index in [9.17, 15) is 4.79 Å². The smallest absolute Gasteiger partial charge is 0.433 e. The Labute approximate surface area is 98.4 Å². The first-order valence-corrected chi connectivity index (χ1v) is 5.51. The monoisotopic (exact) mass is 232 g/mol. The van der Waals surface area contributed by atoms with Crippen LogP contribution < -0.4 is 10.1 Å². The van der Waals surface area contributed by atoms with Crippen molar-refractivity contribution < 1.29 is 14.4 Å². The minimum atomic E-state index is -0.572. The fraction of sp³-hybridized carbons (Fsp3) is 0.333. The maximum Gasteiger partial charge on any atom is 0.433 e. The highest BCUT2D eigenvalue weighted by Crippen LogP contribution is 2.50. The summed E-state index contributed by atoms with van der Waals surface area (Å²) < 4.78 is 5.84. The van der Waals surface area contributed by atoms with Crippen LogP contribution in [0.5, 0.6) is 5.75 Å². The lowest BCUT2D eigenvalue weighted by molar-refractivity contribution is 0.151. The fourth-order valence-corrected chi connectivity index (χ4v) is 1.97. The molecule has 0 atom stereocenters. The Hall–Kier alpha value is -2.04. The van der Waals surface area contributed by atoms with E-state index in [1.165, 1.54) is 7.05 Å². The van der Waals surface area contributed by atoms with Crippen LogP contribution in [-0.2, 0) is 4.84 Å². The number of carbonyl (C=O) groups excluding carboxylic acids is 1. The molecule has 1 aliphatic heterocycles. The second-order valence-corrected chi connectivity index (χ2v) is 4.16. The molecule has 5 nitrogen and oxygen atoms in total. The lowest BCUT2D eigenvalue weighted by atomic mass is 10.1. The molecule has 1 heterocycles. The maximum absolute atomic E-state index is 11.0. The zero-order chi connectivity index (χ0) is 11.9. The molecule has 0 saturated heterocycles. The van der Waals surface area contributed by atoms with Gasteiger partial charge < -0.3 is 10.1 Å². The summed E-state index contributed by atoms with van der Waals surface area (Å²) in [6, 6.07) is 7.66. The van der Waals surface area contributed by atoms with Gasteiger partial charge in [0.2, 0.25) is 0 Å². The number of nitrogens with zero attached hydrogens (tertiary/aromatic N) is 1. The van der Waals surface area contributed by atoms with Gasteiger partial charge in [-0.1, -0.05) is 17.3 Å². The third kappa shape index (κ3) is 1.54. The van der Waals surface area contributed by atoms with E-state index < -0.39 is 6.09 Å². The summed E-state index contributed by atoms with van der Waals surface area (Å²) in [5.74, 6) is 0.809. The number of hydrogen-bond acceptors (Lipinski definition) is 4. The lowest BCUT2D eigenvalue weighted by Gasteiger charge is -2.07. The number of para-hydroxylation sites is 1. The van der Waals surface area contributed by atoms with Gasteiger partial charge >= 0.3 is 6.09 Å². The number of oxime groups is 1. The second kappa shape index (κ2) is 3.48. The van der Waals surface area contributed by atoms with Crippen LogP contribution in [0.25, 0.3) is 0 Å². The van der Waals surface area contributed by atoms with E-state index in [1.54, 1.807) is 0 Å². The summed E-state index contributed by atoms with van der Waals surface area (Å²) in [7, 11) is 1.49.